The number of nitrogens with zero attached hydrogens (tertiary/aromatic N) is 2. The fourth-order valence-electron chi connectivity index (χ4n) is 3.68. The van der Waals surface area contributed by atoms with Crippen LogP contribution in [-0.2, 0) is 6.54 Å². The first-order valence-electron chi connectivity index (χ1n) is 8.18. The van der Waals surface area contributed by atoms with Gasteiger partial charge in [-0.2, -0.15) is 4.98 Å². The third-order valence-electron chi connectivity index (χ3n) is 4.72. The molecule has 4 nitrogen and oxygen atoms in total. The largest absolute Gasteiger partial charge is 0.432 e. The Hall–Kier alpha value is -1.03. The van der Waals surface area contributed by atoms with Gasteiger partial charge in [0.1, 0.15) is 6.26 Å². The number of fused-ring (bicyclic) bond motifs is 1. The van der Waals surface area contributed by atoms with Crippen molar-refractivity contribution < 1.29 is 4.42 Å². The van der Waals surface area contributed by atoms with E-state index in [2.05, 4.69) is 24.1 Å². The number of hydrogen-bond donors (Lipinski definition) is 1. The molecule has 1 aliphatic heterocycles. The van der Waals surface area contributed by atoms with Gasteiger partial charge in [-0.25, -0.2) is 0 Å². The van der Waals surface area contributed by atoms with Crippen molar-refractivity contribution in [2.24, 2.45) is 5.92 Å². The molecule has 2 aliphatic rings. The zero-order valence-corrected chi connectivity index (χ0v) is 12.8. The summed E-state index contributed by atoms with van der Waals surface area (Å²) >= 11 is 0. The molecule has 4 heteroatoms. The van der Waals surface area contributed by atoms with Crippen LogP contribution in [0.15, 0.2) is 10.7 Å². The summed E-state index contributed by atoms with van der Waals surface area (Å²) in [5.74, 6) is 0.863. The molecule has 0 radical (unpaired) electrons. The Labute approximate surface area is 121 Å². The summed E-state index contributed by atoms with van der Waals surface area (Å²) in [4.78, 5) is 7.13. The molecule has 0 aromatic carbocycles. The SMILES string of the molecule is CC(C)NCc1coc(N2CCC[C@H]3CCCC[C@H]32)n1. The zero-order valence-electron chi connectivity index (χ0n) is 12.8. The fourth-order valence-corrected chi connectivity index (χ4v) is 3.68. The summed E-state index contributed by atoms with van der Waals surface area (Å²) in [5.41, 5.74) is 1.02. The minimum atomic E-state index is 0.480. The van der Waals surface area contributed by atoms with Gasteiger partial charge < -0.3 is 14.6 Å². The van der Waals surface area contributed by atoms with Crippen LogP contribution in [0.2, 0.25) is 0 Å². The van der Waals surface area contributed by atoms with Crippen molar-refractivity contribution in [3.63, 3.8) is 0 Å². The molecule has 1 aromatic rings. The average molecular weight is 277 g/mol. The molecule has 3 rings (SSSR count). The number of hydrogen-bond acceptors (Lipinski definition) is 4. The van der Waals surface area contributed by atoms with E-state index < -0.39 is 0 Å². The molecule has 1 N–H and O–H groups in total. The molecule has 20 heavy (non-hydrogen) atoms. The smallest absolute Gasteiger partial charge is 0.297 e. The summed E-state index contributed by atoms with van der Waals surface area (Å²) in [6.45, 7) is 6.21. The average Bonchev–Trinajstić information content (AvgIpc) is 2.93. The predicted molar refractivity (Wildman–Crippen MR) is 80.8 cm³/mol. The van der Waals surface area contributed by atoms with Crippen LogP contribution >= 0.6 is 0 Å². The number of piperidine rings is 1. The van der Waals surface area contributed by atoms with Gasteiger partial charge in [-0.05, 0) is 31.6 Å². The second kappa shape index (κ2) is 6.17. The van der Waals surface area contributed by atoms with Crippen LogP contribution in [0.3, 0.4) is 0 Å². The highest BCUT2D eigenvalue weighted by Crippen LogP contribution is 2.37. The Bertz CT molecular complexity index is 427. The molecule has 112 valence electrons. The number of aromatic nitrogens is 1. The highest BCUT2D eigenvalue weighted by Gasteiger charge is 2.35. The monoisotopic (exact) mass is 277 g/mol. The molecule has 1 saturated heterocycles. The molecule has 1 saturated carbocycles. The van der Waals surface area contributed by atoms with Gasteiger partial charge in [0.25, 0.3) is 6.01 Å². The van der Waals surface area contributed by atoms with E-state index in [0.717, 1.165) is 30.7 Å². The van der Waals surface area contributed by atoms with Crippen LogP contribution in [-0.4, -0.2) is 23.6 Å². The van der Waals surface area contributed by atoms with Crippen molar-refractivity contribution >= 4 is 6.01 Å². The van der Waals surface area contributed by atoms with E-state index in [1.54, 1.807) is 0 Å². The van der Waals surface area contributed by atoms with Gasteiger partial charge in [0.2, 0.25) is 0 Å². The molecule has 0 spiro atoms. The Morgan fingerprint density at radius 1 is 1.30 bits per heavy atom. The maximum atomic E-state index is 5.76. The van der Waals surface area contributed by atoms with Crippen LogP contribution < -0.4 is 10.2 Å². The highest BCUT2D eigenvalue weighted by molar-refractivity contribution is 5.31. The minimum Gasteiger partial charge on any atom is -0.432 e. The van der Waals surface area contributed by atoms with Gasteiger partial charge in [0.15, 0.2) is 0 Å². The van der Waals surface area contributed by atoms with E-state index in [-0.39, 0.29) is 0 Å². The third kappa shape index (κ3) is 3.00. The Morgan fingerprint density at radius 3 is 2.95 bits per heavy atom. The Balaban J connectivity index is 1.68. The van der Waals surface area contributed by atoms with Gasteiger partial charge in [-0.3, -0.25) is 0 Å². The van der Waals surface area contributed by atoms with E-state index in [1.165, 1.54) is 38.5 Å². The number of rotatable bonds is 4. The molecule has 2 heterocycles. The molecule has 2 atom stereocenters. The number of anilines is 1. The lowest BCUT2D eigenvalue weighted by molar-refractivity contribution is 0.235. The first-order chi connectivity index (χ1) is 9.74. The standard InChI is InChI=1S/C16H27N3O/c1-12(2)17-10-14-11-20-16(18-14)19-9-5-7-13-6-3-4-8-15(13)19/h11-13,15,17H,3-10H2,1-2H3/t13-,15-/m1/s1. The first-order valence-corrected chi connectivity index (χ1v) is 8.18. The second-order valence-corrected chi connectivity index (χ2v) is 6.60. The molecule has 0 amide bonds. The van der Waals surface area contributed by atoms with E-state index in [1.807, 2.05) is 6.26 Å². The molecule has 1 aromatic heterocycles. The minimum absolute atomic E-state index is 0.480. The lowest BCUT2D eigenvalue weighted by Crippen LogP contribution is -2.47. The molecule has 1 aliphatic carbocycles. The molecular formula is C16H27N3O. The van der Waals surface area contributed by atoms with Crippen molar-refractivity contribution in [1.29, 1.82) is 0 Å². The van der Waals surface area contributed by atoms with Crippen molar-refractivity contribution in [3.05, 3.63) is 12.0 Å². The zero-order chi connectivity index (χ0) is 13.9. The fraction of sp³-hybridized carbons (Fsp3) is 0.812. The van der Waals surface area contributed by atoms with E-state index in [0.29, 0.717) is 12.1 Å². The quantitative estimate of drug-likeness (QED) is 0.916. The third-order valence-corrected chi connectivity index (χ3v) is 4.72. The van der Waals surface area contributed by atoms with E-state index in [4.69, 9.17) is 9.40 Å². The van der Waals surface area contributed by atoms with Gasteiger partial charge >= 0.3 is 0 Å². The summed E-state index contributed by atoms with van der Waals surface area (Å²) < 4.78 is 5.76. The maximum Gasteiger partial charge on any atom is 0.297 e. The predicted octanol–water partition coefficient (Wildman–Crippen LogP) is 3.33. The molecular weight excluding hydrogens is 250 g/mol. The first kappa shape index (κ1) is 13.9. The van der Waals surface area contributed by atoms with Crippen LogP contribution in [0.4, 0.5) is 6.01 Å². The second-order valence-electron chi connectivity index (χ2n) is 6.60. The van der Waals surface area contributed by atoms with Crippen LogP contribution in [0.1, 0.15) is 58.1 Å². The van der Waals surface area contributed by atoms with Gasteiger partial charge in [0, 0.05) is 25.2 Å². The summed E-state index contributed by atoms with van der Waals surface area (Å²) in [7, 11) is 0. The highest BCUT2D eigenvalue weighted by atomic mass is 16.4. The summed E-state index contributed by atoms with van der Waals surface area (Å²) in [6.07, 6.45) is 9.96. The van der Waals surface area contributed by atoms with Crippen molar-refractivity contribution in [3.8, 4) is 0 Å². The molecule has 0 unspecified atom stereocenters. The lowest BCUT2D eigenvalue weighted by Gasteiger charge is -2.43. The van der Waals surface area contributed by atoms with Crippen LogP contribution in [0, 0.1) is 5.92 Å². The van der Waals surface area contributed by atoms with Gasteiger partial charge in [0.05, 0.1) is 5.69 Å². The molecule has 0 bridgehead atoms. The Kier molecular flexibility index (Phi) is 4.29. The summed E-state index contributed by atoms with van der Waals surface area (Å²) in [5, 5.41) is 3.39. The topological polar surface area (TPSA) is 41.3 Å². The number of oxazole rings is 1. The normalized spacial score (nSPS) is 26.9. The maximum absolute atomic E-state index is 5.76. The van der Waals surface area contributed by atoms with Crippen molar-refractivity contribution in [2.45, 2.75) is 71.0 Å². The van der Waals surface area contributed by atoms with Crippen molar-refractivity contribution in [2.75, 3.05) is 11.4 Å². The van der Waals surface area contributed by atoms with E-state index >= 15 is 0 Å². The van der Waals surface area contributed by atoms with E-state index in [9.17, 15) is 0 Å². The number of nitrogens with one attached hydrogen (secondary N) is 1. The van der Waals surface area contributed by atoms with Crippen LogP contribution in [0.5, 0.6) is 0 Å². The van der Waals surface area contributed by atoms with Crippen LogP contribution in [0.25, 0.3) is 0 Å². The molecule has 2 fully saturated rings. The van der Waals surface area contributed by atoms with Gasteiger partial charge in [-0.15, -0.1) is 0 Å². The van der Waals surface area contributed by atoms with Gasteiger partial charge in [-0.1, -0.05) is 26.7 Å². The van der Waals surface area contributed by atoms with Crippen molar-refractivity contribution in [1.82, 2.24) is 10.3 Å². The summed E-state index contributed by atoms with van der Waals surface area (Å²) in [6, 6.07) is 2.00. The Morgan fingerprint density at radius 2 is 2.10 bits per heavy atom. The lowest BCUT2D eigenvalue weighted by atomic mass is 9.78.